The summed E-state index contributed by atoms with van der Waals surface area (Å²) in [6.45, 7) is 5.59. The molecule has 0 saturated carbocycles. The van der Waals surface area contributed by atoms with E-state index in [9.17, 15) is 5.11 Å². The SMILES string of the molecule is C=CCCC(O)c1cc(C)cc(Cl)c1. The van der Waals surface area contributed by atoms with Gasteiger partial charge in [-0.2, -0.15) is 0 Å². The lowest BCUT2D eigenvalue weighted by molar-refractivity contribution is 0.168. The average molecular weight is 211 g/mol. The Morgan fingerprint density at radius 3 is 2.79 bits per heavy atom. The lowest BCUT2D eigenvalue weighted by Gasteiger charge is -2.10. The molecular formula is C12H15ClO. The fraction of sp³-hybridized carbons (Fsp3) is 0.333. The average Bonchev–Trinajstić information content (AvgIpc) is 2.12. The Labute approximate surface area is 90.0 Å². The molecule has 1 atom stereocenters. The predicted molar refractivity (Wildman–Crippen MR) is 60.6 cm³/mol. The molecule has 0 amide bonds. The van der Waals surface area contributed by atoms with Gasteiger partial charge in [0.1, 0.15) is 0 Å². The lowest BCUT2D eigenvalue weighted by atomic mass is 10.0. The molecule has 1 unspecified atom stereocenters. The molecule has 1 N–H and O–H groups in total. The van der Waals surface area contributed by atoms with Crippen molar-refractivity contribution >= 4 is 11.6 Å². The number of aliphatic hydroxyl groups excluding tert-OH is 1. The second-order valence-corrected chi connectivity index (χ2v) is 3.88. The molecule has 14 heavy (non-hydrogen) atoms. The maximum atomic E-state index is 9.79. The Balaban J connectivity index is 2.78. The molecule has 1 aromatic rings. The van der Waals surface area contributed by atoms with Crippen LogP contribution in [0.25, 0.3) is 0 Å². The van der Waals surface area contributed by atoms with Gasteiger partial charge in [-0.3, -0.25) is 0 Å². The Hall–Kier alpha value is -0.790. The van der Waals surface area contributed by atoms with Gasteiger partial charge in [-0.1, -0.05) is 23.7 Å². The molecule has 1 rings (SSSR count). The van der Waals surface area contributed by atoms with E-state index in [2.05, 4.69) is 6.58 Å². The van der Waals surface area contributed by atoms with Gasteiger partial charge in [0.15, 0.2) is 0 Å². The molecule has 0 bridgehead atoms. The summed E-state index contributed by atoms with van der Waals surface area (Å²) in [5.41, 5.74) is 1.96. The van der Waals surface area contributed by atoms with Crippen molar-refractivity contribution in [2.45, 2.75) is 25.9 Å². The molecule has 0 spiro atoms. The summed E-state index contributed by atoms with van der Waals surface area (Å²) >= 11 is 5.90. The third-order valence-electron chi connectivity index (χ3n) is 2.09. The van der Waals surface area contributed by atoms with Crippen LogP contribution in [0.4, 0.5) is 0 Å². The number of halogens is 1. The topological polar surface area (TPSA) is 20.2 Å². The minimum Gasteiger partial charge on any atom is -0.388 e. The van der Waals surface area contributed by atoms with E-state index in [1.807, 2.05) is 25.1 Å². The van der Waals surface area contributed by atoms with Crippen molar-refractivity contribution < 1.29 is 5.11 Å². The number of hydrogen-bond acceptors (Lipinski definition) is 1. The zero-order valence-electron chi connectivity index (χ0n) is 8.33. The minimum atomic E-state index is -0.439. The summed E-state index contributed by atoms with van der Waals surface area (Å²) in [7, 11) is 0. The van der Waals surface area contributed by atoms with Crippen LogP contribution < -0.4 is 0 Å². The van der Waals surface area contributed by atoms with Crippen molar-refractivity contribution in [1.82, 2.24) is 0 Å². The molecule has 1 aromatic carbocycles. The fourth-order valence-electron chi connectivity index (χ4n) is 1.40. The van der Waals surface area contributed by atoms with E-state index >= 15 is 0 Å². The van der Waals surface area contributed by atoms with Crippen LogP contribution >= 0.6 is 11.6 Å². The highest BCUT2D eigenvalue weighted by atomic mass is 35.5. The van der Waals surface area contributed by atoms with Crippen molar-refractivity contribution in [2.24, 2.45) is 0 Å². The summed E-state index contributed by atoms with van der Waals surface area (Å²) in [4.78, 5) is 0. The molecule has 0 aliphatic heterocycles. The Kier molecular flexibility index (Phi) is 4.18. The van der Waals surface area contributed by atoms with Gasteiger partial charge >= 0.3 is 0 Å². The normalized spacial score (nSPS) is 12.5. The van der Waals surface area contributed by atoms with E-state index < -0.39 is 6.10 Å². The quantitative estimate of drug-likeness (QED) is 0.753. The van der Waals surface area contributed by atoms with Gasteiger partial charge in [-0.25, -0.2) is 0 Å². The highest BCUT2D eigenvalue weighted by Crippen LogP contribution is 2.23. The molecule has 76 valence electrons. The Morgan fingerprint density at radius 1 is 1.50 bits per heavy atom. The molecule has 0 heterocycles. The molecule has 0 aromatic heterocycles. The van der Waals surface area contributed by atoms with Crippen LogP contribution in [-0.4, -0.2) is 5.11 Å². The fourth-order valence-corrected chi connectivity index (χ4v) is 1.70. The second-order valence-electron chi connectivity index (χ2n) is 3.44. The van der Waals surface area contributed by atoms with E-state index in [0.717, 1.165) is 17.5 Å². The standard InChI is InChI=1S/C12H15ClO/c1-3-4-5-12(14)10-6-9(2)7-11(13)8-10/h3,6-8,12,14H,1,4-5H2,2H3. The molecule has 1 nitrogen and oxygen atoms in total. The van der Waals surface area contributed by atoms with Crippen molar-refractivity contribution in [2.75, 3.05) is 0 Å². The molecule has 0 fully saturated rings. The van der Waals surface area contributed by atoms with Gasteiger partial charge in [-0.15, -0.1) is 6.58 Å². The van der Waals surface area contributed by atoms with Crippen LogP contribution in [0.5, 0.6) is 0 Å². The largest absolute Gasteiger partial charge is 0.388 e. The smallest absolute Gasteiger partial charge is 0.0793 e. The summed E-state index contributed by atoms with van der Waals surface area (Å²) in [6, 6.07) is 5.65. The van der Waals surface area contributed by atoms with E-state index in [1.165, 1.54) is 0 Å². The number of rotatable bonds is 4. The van der Waals surface area contributed by atoms with Gasteiger partial charge in [0.05, 0.1) is 6.10 Å². The Bertz CT molecular complexity index is 300. The van der Waals surface area contributed by atoms with Crippen molar-refractivity contribution in [3.63, 3.8) is 0 Å². The van der Waals surface area contributed by atoms with Crippen LogP contribution in [-0.2, 0) is 0 Å². The summed E-state index contributed by atoms with van der Waals surface area (Å²) in [6.07, 6.45) is 2.88. The first-order valence-electron chi connectivity index (χ1n) is 4.69. The third-order valence-corrected chi connectivity index (χ3v) is 2.31. The van der Waals surface area contributed by atoms with Crippen molar-refractivity contribution in [3.05, 3.63) is 47.0 Å². The Morgan fingerprint density at radius 2 is 2.21 bits per heavy atom. The van der Waals surface area contributed by atoms with Gasteiger partial charge in [0, 0.05) is 5.02 Å². The molecule has 0 aliphatic rings. The first kappa shape index (κ1) is 11.3. The molecular weight excluding hydrogens is 196 g/mol. The number of allylic oxidation sites excluding steroid dienone is 1. The van der Waals surface area contributed by atoms with E-state index in [-0.39, 0.29) is 0 Å². The number of benzene rings is 1. The monoisotopic (exact) mass is 210 g/mol. The highest BCUT2D eigenvalue weighted by molar-refractivity contribution is 6.30. The van der Waals surface area contributed by atoms with Crippen LogP contribution in [0.15, 0.2) is 30.9 Å². The third kappa shape index (κ3) is 3.17. The van der Waals surface area contributed by atoms with Crippen LogP contribution in [0, 0.1) is 6.92 Å². The van der Waals surface area contributed by atoms with Crippen LogP contribution in [0.2, 0.25) is 5.02 Å². The van der Waals surface area contributed by atoms with Gasteiger partial charge in [0.2, 0.25) is 0 Å². The first-order valence-corrected chi connectivity index (χ1v) is 5.07. The maximum Gasteiger partial charge on any atom is 0.0793 e. The second kappa shape index (κ2) is 5.18. The van der Waals surface area contributed by atoms with Crippen molar-refractivity contribution in [3.8, 4) is 0 Å². The van der Waals surface area contributed by atoms with Gasteiger partial charge in [-0.05, 0) is 43.0 Å². The molecule has 0 aliphatic carbocycles. The van der Waals surface area contributed by atoms with Crippen molar-refractivity contribution in [1.29, 1.82) is 0 Å². The summed E-state index contributed by atoms with van der Waals surface area (Å²) in [5.74, 6) is 0. The summed E-state index contributed by atoms with van der Waals surface area (Å²) < 4.78 is 0. The van der Waals surface area contributed by atoms with Gasteiger partial charge < -0.3 is 5.11 Å². The van der Waals surface area contributed by atoms with Crippen LogP contribution in [0.1, 0.15) is 30.1 Å². The zero-order valence-corrected chi connectivity index (χ0v) is 9.09. The number of aliphatic hydroxyl groups is 1. The summed E-state index contributed by atoms with van der Waals surface area (Å²) in [5, 5.41) is 10.5. The predicted octanol–water partition coefficient (Wildman–Crippen LogP) is 3.65. The maximum absolute atomic E-state index is 9.79. The zero-order chi connectivity index (χ0) is 10.6. The van der Waals surface area contributed by atoms with E-state index in [0.29, 0.717) is 11.4 Å². The first-order chi connectivity index (χ1) is 6.63. The molecule has 2 heteroatoms. The minimum absolute atomic E-state index is 0.439. The lowest BCUT2D eigenvalue weighted by Crippen LogP contribution is -1.97. The van der Waals surface area contributed by atoms with Crippen LogP contribution in [0.3, 0.4) is 0 Å². The van der Waals surface area contributed by atoms with E-state index in [1.54, 1.807) is 6.08 Å². The molecule has 0 radical (unpaired) electrons. The highest BCUT2D eigenvalue weighted by Gasteiger charge is 2.07. The number of hydrogen-bond donors (Lipinski definition) is 1. The van der Waals surface area contributed by atoms with E-state index in [4.69, 9.17) is 11.6 Å². The molecule has 0 saturated heterocycles. The van der Waals surface area contributed by atoms with Gasteiger partial charge in [0.25, 0.3) is 0 Å². The number of aryl methyl sites for hydroxylation is 1.